The maximum Gasteiger partial charge on any atom is 0.325 e. The summed E-state index contributed by atoms with van der Waals surface area (Å²) in [5, 5.41) is 2.10. The molecule has 0 aliphatic heterocycles. The van der Waals surface area contributed by atoms with E-state index in [4.69, 9.17) is 4.74 Å². The Balaban J connectivity index is 1.52. The third kappa shape index (κ3) is 7.41. The van der Waals surface area contributed by atoms with E-state index in [0.717, 1.165) is 11.1 Å². The lowest BCUT2D eigenvalue weighted by atomic mass is 10.1. The number of carbonyl (C=O) groups excluding carboxylic acids is 1. The molecular formula is C30H30N2O2. The van der Waals surface area contributed by atoms with Crippen molar-refractivity contribution in [2.45, 2.75) is 32.2 Å². The maximum absolute atomic E-state index is 13.2. The van der Waals surface area contributed by atoms with E-state index < -0.39 is 6.04 Å². The lowest BCUT2D eigenvalue weighted by molar-refractivity contribution is -0.149. The van der Waals surface area contributed by atoms with E-state index in [1.165, 1.54) is 11.1 Å². The second kappa shape index (κ2) is 12.5. The molecule has 0 aliphatic rings. The Hall–Kier alpha value is -3.73. The van der Waals surface area contributed by atoms with Gasteiger partial charge >= 0.3 is 5.97 Å². The number of nitrogens with one attached hydrogen (secondary N) is 1. The molecule has 4 rings (SSSR count). The summed E-state index contributed by atoms with van der Waals surface area (Å²) in [6.45, 7) is 1.57. The van der Waals surface area contributed by atoms with E-state index in [2.05, 4.69) is 34.7 Å². The molecule has 0 radical (unpaired) electrons. The Morgan fingerprint density at radius 1 is 0.618 bits per heavy atom. The fourth-order valence-corrected chi connectivity index (χ4v) is 3.84. The molecule has 0 unspecified atom stereocenters. The minimum Gasteiger partial charge on any atom is -0.460 e. The van der Waals surface area contributed by atoms with Gasteiger partial charge in [-0.2, -0.15) is 0 Å². The topological polar surface area (TPSA) is 41.6 Å². The van der Waals surface area contributed by atoms with Crippen LogP contribution in [0.5, 0.6) is 0 Å². The molecule has 0 saturated carbocycles. The van der Waals surface area contributed by atoms with Crippen LogP contribution in [0.15, 0.2) is 121 Å². The fourth-order valence-electron chi connectivity index (χ4n) is 3.84. The zero-order chi connectivity index (χ0) is 23.4. The van der Waals surface area contributed by atoms with Crippen LogP contribution in [0.3, 0.4) is 0 Å². The SMILES string of the molecule is O=C(OCc1ccccc1)[C@H](Cc1ccccc1)NN(Cc1ccccc1)Cc1ccccc1. The van der Waals surface area contributed by atoms with Gasteiger partial charge in [0.05, 0.1) is 0 Å². The number of rotatable bonds is 11. The molecule has 34 heavy (non-hydrogen) atoms. The van der Waals surface area contributed by atoms with E-state index >= 15 is 0 Å². The lowest BCUT2D eigenvalue weighted by Crippen LogP contribution is -2.49. The van der Waals surface area contributed by atoms with Crippen molar-refractivity contribution in [2.24, 2.45) is 0 Å². The number of hydrogen-bond acceptors (Lipinski definition) is 4. The predicted octanol–water partition coefficient (Wildman–Crippen LogP) is 5.55. The summed E-state index contributed by atoms with van der Waals surface area (Å²) in [7, 11) is 0. The molecule has 0 fully saturated rings. The van der Waals surface area contributed by atoms with E-state index in [1.54, 1.807) is 0 Å². The number of benzene rings is 4. The monoisotopic (exact) mass is 450 g/mol. The maximum atomic E-state index is 13.2. The second-order valence-electron chi connectivity index (χ2n) is 8.29. The molecule has 0 bridgehead atoms. The average Bonchev–Trinajstić information content (AvgIpc) is 2.89. The Morgan fingerprint density at radius 3 is 1.50 bits per heavy atom. The summed E-state index contributed by atoms with van der Waals surface area (Å²) in [5.74, 6) is -0.265. The van der Waals surface area contributed by atoms with Crippen molar-refractivity contribution >= 4 is 5.97 Å². The summed E-state index contributed by atoms with van der Waals surface area (Å²) in [6, 6.07) is 39.9. The smallest absolute Gasteiger partial charge is 0.325 e. The summed E-state index contributed by atoms with van der Waals surface area (Å²) < 4.78 is 5.74. The molecule has 4 aromatic rings. The molecule has 4 aromatic carbocycles. The van der Waals surface area contributed by atoms with Gasteiger partial charge in [-0.25, -0.2) is 10.4 Å². The Morgan fingerprint density at radius 2 is 1.03 bits per heavy atom. The first-order valence-corrected chi connectivity index (χ1v) is 11.6. The van der Waals surface area contributed by atoms with Crippen LogP contribution < -0.4 is 5.43 Å². The highest BCUT2D eigenvalue weighted by molar-refractivity contribution is 5.76. The van der Waals surface area contributed by atoms with Gasteiger partial charge in [0.15, 0.2) is 0 Å². The van der Waals surface area contributed by atoms with Crippen molar-refractivity contribution in [1.82, 2.24) is 10.4 Å². The van der Waals surface area contributed by atoms with Crippen LogP contribution in [0.2, 0.25) is 0 Å². The Kier molecular flexibility index (Phi) is 8.61. The van der Waals surface area contributed by atoms with Crippen LogP contribution in [0.4, 0.5) is 0 Å². The van der Waals surface area contributed by atoms with Crippen LogP contribution in [0.1, 0.15) is 22.3 Å². The van der Waals surface area contributed by atoms with Crippen LogP contribution in [-0.2, 0) is 35.6 Å². The molecule has 4 nitrogen and oxygen atoms in total. The zero-order valence-corrected chi connectivity index (χ0v) is 19.2. The van der Waals surface area contributed by atoms with Gasteiger partial charge in [-0.1, -0.05) is 121 Å². The normalized spacial score (nSPS) is 11.8. The highest BCUT2D eigenvalue weighted by Crippen LogP contribution is 2.12. The van der Waals surface area contributed by atoms with Gasteiger partial charge in [-0.05, 0) is 28.7 Å². The highest BCUT2D eigenvalue weighted by Gasteiger charge is 2.23. The first-order chi connectivity index (χ1) is 16.8. The third-order valence-corrected chi connectivity index (χ3v) is 5.56. The van der Waals surface area contributed by atoms with Crippen LogP contribution >= 0.6 is 0 Å². The van der Waals surface area contributed by atoms with Gasteiger partial charge < -0.3 is 4.74 Å². The van der Waals surface area contributed by atoms with E-state index in [9.17, 15) is 4.79 Å². The quantitative estimate of drug-likeness (QED) is 0.240. The number of carbonyl (C=O) groups is 1. The van der Waals surface area contributed by atoms with Gasteiger partial charge in [-0.3, -0.25) is 4.79 Å². The van der Waals surface area contributed by atoms with Crippen molar-refractivity contribution in [1.29, 1.82) is 0 Å². The van der Waals surface area contributed by atoms with Gasteiger partial charge in [0.1, 0.15) is 12.6 Å². The standard InChI is InChI=1S/C30H30N2O2/c33-30(34-24-28-19-11-4-12-20-28)29(21-25-13-5-1-6-14-25)31-32(22-26-15-7-2-8-16-26)23-27-17-9-3-10-18-27/h1-20,29,31H,21-24H2/t29-/m0/s1. The molecule has 0 aliphatic carbocycles. The highest BCUT2D eigenvalue weighted by atomic mass is 16.5. The summed E-state index contributed by atoms with van der Waals surface area (Å²) >= 11 is 0. The molecule has 0 saturated heterocycles. The molecule has 0 aromatic heterocycles. The largest absolute Gasteiger partial charge is 0.460 e. The minimum atomic E-state index is -0.515. The average molecular weight is 451 g/mol. The molecule has 1 atom stereocenters. The number of hydrazine groups is 1. The number of esters is 1. The lowest BCUT2D eigenvalue weighted by Gasteiger charge is -2.28. The van der Waals surface area contributed by atoms with Crippen LogP contribution in [0, 0.1) is 0 Å². The van der Waals surface area contributed by atoms with Crippen LogP contribution in [-0.4, -0.2) is 17.0 Å². The van der Waals surface area contributed by atoms with E-state index in [-0.39, 0.29) is 12.6 Å². The summed E-state index contributed by atoms with van der Waals surface area (Å²) in [4.78, 5) is 13.2. The molecule has 0 spiro atoms. The van der Waals surface area contributed by atoms with Crippen molar-refractivity contribution in [3.8, 4) is 0 Å². The van der Waals surface area contributed by atoms with E-state index in [0.29, 0.717) is 19.5 Å². The summed E-state index contributed by atoms with van der Waals surface area (Å²) in [5.41, 5.74) is 7.88. The van der Waals surface area contributed by atoms with Gasteiger partial charge in [-0.15, -0.1) is 0 Å². The molecule has 0 amide bonds. The molecule has 1 N–H and O–H groups in total. The number of hydrogen-bond donors (Lipinski definition) is 1. The first-order valence-electron chi connectivity index (χ1n) is 11.6. The molecule has 4 heteroatoms. The third-order valence-electron chi connectivity index (χ3n) is 5.56. The molecule has 172 valence electrons. The molecular weight excluding hydrogens is 420 g/mol. The van der Waals surface area contributed by atoms with Crippen molar-refractivity contribution in [2.75, 3.05) is 0 Å². The van der Waals surface area contributed by atoms with Crippen molar-refractivity contribution in [3.05, 3.63) is 144 Å². The fraction of sp³-hybridized carbons (Fsp3) is 0.167. The predicted molar refractivity (Wildman–Crippen MR) is 135 cm³/mol. The first kappa shape index (κ1) is 23.4. The van der Waals surface area contributed by atoms with Gasteiger partial charge in [0, 0.05) is 13.1 Å². The van der Waals surface area contributed by atoms with E-state index in [1.807, 2.05) is 97.1 Å². The summed E-state index contributed by atoms with van der Waals surface area (Å²) in [6.07, 6.45) is 0.536. The Bertz CT molecular complexity index is 1080. The van der Waals surface area contributed by atoms with Gasteiger partial charge in [0.25, 0.3) is 0 Å². The Labute approximate surface area is 201 Å². The van der Waals surface area contributed by atoms with Crippen LogP contribution in [0.25, 0.3) is 0 Å². The second-order valence-corrected chi connectivity index (χ2v) is 8.29. The molecule has 0 heterocycles. The van der Waals surface area contributed by atoms with Crippen molar-refractivity contribution < 1.29 is 9.53 Å². The van der Waals surface area contributed by atoms with Gasteiger partial charge in [0.2, 0.25) is 0 Å². The number of nitrogens with zero attached hydrogens (tertiary/aromatic N) is 1. The zero-order valence-electron chi connectivity index (χ0n) is 19.2. The van der Waals surface area contributed by atoms with Crippen molar-refractivity contribution in [3.63, 3.8) is 0 Å². The minimum absolute atomic E-state index is 0.254. The number of ether oxygens (including phenoxy) is 1.